The van der Waals surface area contributed by atoms with Gasteiger partial charge in [-0.05, 0) is 24.1 Å². The molecule has 0 atom stereocenters. The molecule has 0 saturated carbocycles. The topological polar surface area (TPSA) is 34.4 Å². The Labute approximate surface area is 105 Å². The molecule has 2 rings (SSSR count). The van der Waals surface area contributed by atoms with E-state index in [0.29, 0.717) is 13.2 Å². The van der Waals surface area contributed by atoms with Gasteiger partial charge in [-0.2, -0.15) is 0 Å². The van der Waals surface area contributed by atoms with Gasteiger partial charge in [0.05, 0.1) is 12.9 Å². The zero-order chi connectivity index (χ0) is 11.9. The zero-order valence-electron chi connectivity index (χ0n) is 9.94. The molecule has 0 aliphatic rings. The summed E-state index contributed by atoms with van der Waals surface area (Å²) < 4.78 is 11.1. The summed E-state index contributed by atoms with van der Waals surface area (Å²) in [6.45, 7) is 5.07. The highest BCUT2D eigenvalue weighted by Crippen LogP contribution is 2.14. The Morgan fingerprint density at radius 2 is 2.29 bits per heavy atom. The SMILES string of the molecule is CCNCc1ccoc1COCc1cccs1. The third-order valence-electron chi connectivity index (χ3n) is 2.46. The monoisotopic (exact) mass is 251 g/mol. The molecule has 0 amide bonds. The third-order valence-corrected chi connectivity index (χ3v) is 3.31. The van der Waals surface area contributed by atoms with Crippen LogP contribution in [0.1, 0.15) is 23.1 Å². The number of thiophene rings is 1. The Balaban J connectivity index is 1.80. The van der Waals surface area contributed by atoms with Crippen LogP contribution in [0.25, 0.3) is 0 Å². The molecule has 92 valence electrons. The maximum absolute atomic E-state index is 5.63. The van der Waals surface area contributed by atoms with Crippen molar-refractivity contribution in [2.24, 2.45) is 0 Å². The van der Waals surface area contributed by atoms with E-state index < -0.39 is 0 Å². The molecule has 3 nitrogen and oxygen atoms in total. The van der Waals surface area contributed by atoms with Crippen molar-refractivity contribution in [1.82, 2.24) is 5.32 Å². The van der Waals surface area contributed by atoms with Crippen LogP contribution in [0.15, 0.2) is 34.3 Å². The molecular formula is C13H17NO2S. The number of hydrogen-bond acceptors (Lipinski definition) is 4. The first-order chi connectivity index (χ1) is 8.40. The van der Waals surface area contributed by atoms with E-state index in [1.165, 1.54) is 10.4 Å². The summed E-state index contributed by atoms with van der Waals surface area (Å²) in [5, 5.41) is 5.34. The minimum Gasteiger partial charge on any atom is -0.467 e. The fraction of sp³-hybridized carbons (Fsp3) is 0.385. The van der Waals surface area contributed by atoms with Crippen molar-refractivity contribution in [3.05, 3.63) is 46.0 Å². The molecule has 2 aromatic heterocycles. The second-order valence-corrected chi connectivity index (χ2v) is 4.75. The van der Waals surface area contributed by atoms with Crippen molar-refractivity contribution >= 4 is 11.3 Å². The number of rotatable bonds is 7. The molecule has 0 spiro atoms. The average molecular weight is 251 g/mol. The van der Waals surface area contributed by atoms with Gasteiger partial charge in [0.2, 0.25) is 0 Å². The Morgan fingerprint density at radius 1 is 1.35 bits per heavy atom. The first kappa shape index (κ1) is 12.4. The van der Waals surface area contributed by atoms with Gasteiger partial charge >= 0.3 is 0 Å². The summed E-state index contributed by atoms with van der Waals surface area (Å²) in [6.07, 6.45) is 1.72. The van der Waals surface area contributed by atoms with Crippen LogP contribution in [0.3, 0.4) is 0 Å². The minimum absolute atomic E-state index is 0.533. The molecule has 0 saturated heterocycles. The molecule has 2 aromatic rings. The van der Waals surface area contributed by atoms with E-state index in [2.05, 4.69) is 23.7 Å². The highest BCUT2D eigenvalue weighted by atomic mass is 32.1. The molecule has 4 heteroatoms. The Bertz CT molecular complexity index is 422. The predicted molar refractivity (Wildman–Crippen MR) is 68.9 cm³/mol. The third kappa shape index (κ3) is 3.70. The van der Waals surface area contributed by atoms with Gasteiger partial charge in [-0.3, -0.25) is 0 Å². The fourth-order valence-electron chi connectivity index (χ4n) is 1.55. The Morgan fingerprint density at radius 3 is 3.06 bits per heavy atom. The van der Waals surface area contributed by atoms with E-state index in [1.807, 2.05) is 12.1 Å². The standard InChI is InChI=1S/C13H17NO2S/c1-2-14-8-11-5-6-16-13(11)10-15-9-12-4-3-7-17-12/h3-7,14H,2,8-10H2,1H3. The summed E-state index contributed by atoms with van der Waals surface area (Å²) in [7, 11) is 0. The van der Waals surface area contributed by atoms with Gasteiger partial charge in [0.25, 0.3) is 0 Å². The number of nitrogens with one attached hydrogen (secondary N) is 1. The van der Waals surface area contributed by atoms with Crippen LogP contribution in [-0.4, -0.2) is 6.54 Å². The largest absolute Gasteiger partial charge is 0.467 e. The van der Waals surface area contributed by atoms with Crippen LogP contribution in [-0.2, 0) is 24.5 Å². The molecule has 0 bridgehead atoms. The lowest BCUT2D eigenvalue weighted by atomic mass is 10.2. The van der Waals surface area contributed by atoms with Crippen molar-refractivity contribution in [1.29, 1.82) is 0 Å². The lowest BCUT2D eigenvalue weighted by Crippen LogP contribution is -2.12. The smallest absolute Gasteiger partial charge is 0.133 e. The first-order valence-corrected chi connectivity index (χ1v) is 6.64. The van der Waals surface area contributed by atoms with E-state index in [9.17, 15) is 0 Å². The second kappa shape index (κ2) is 6.59. The van der Waals surface area contributed by atoms with Crippen molar-refractivity contribution in [2.75, 3.05) is 6.54 Å². The zero-order valence-corrected chi connectivity index (χ0v) is 10.8. The quantitative estimate of drug-likeness (QED) is 0.820. The average Bonchev–Trinajstić information content (AvgIpc) is 2.98. The summed E-state index contributed by atoms with van der Waals surface area (Å²) in [4.78, 5) is 1.24. The highest BCUT2D eigenvalue weighted by molar-refractivity contribution is 7.09. The number of hydrogen-bond donors (Lipinski definition) is 1. The van der Waals surface area contributed by atoms with Gasteiger partial charge in [-0.15, -0.1) is 11.3 Å². The summed E-state index contributed by atoms with van der Waals surface area (Å²) in [6, 6.07) is 6.10. The van der Waals surface area contributed by atoms with Crippen LogP contribution in [0, 0.1) is 0 Å². The van der Waals surface area contributed by atoms with Gasteiger partial charge in [-0.25, -0.2) is 0 Å². The van der Waals surface area contributed by atoms with Crippen molar-refractivity contribution < 1.29 is 9.15 Å². The maximum Gasteiger partial charge on any atom is 0.133 e. The molecular weight excluding hydrogens is 234 g/mol. The van der Waals surface area contributed by atoms with Crippen LogP contribution in [0.2, 0.25) is 0 Å². The molecule has 0 aromatic carbocycles. The molecule has 1 N–H and O–H groups in total. The lowest BCUT2D eigenvalue weighted by Gasteiger charge is -2.04. The normalized spacial score (nSPS) is 10.9. The predicted octanol–water partition coefficient (Wildman–Crippen LogP) is 3.17. The molecule has 0 aliphatic carbocycles. The highest BCUT2D eigenvalue weighted by Gasteiger charge is 2.06. The van der Waals surface area contributed by atoms with Gasteiger partial charge in [-0.1, -0.05) is 13.0 Å². The molecule has 0 fully saturated rings. The van der Waals surface area contributed by atoms with Crippen molar-refractivity contribution in [3.8, 4) is 0 Å². The molecule has 0 radical (unpaired) electrons. The fourth-order valence-corrected chi connectivity index (χ4v) is 2.19. The van der Waals surface area contributed by atoms with E-state index in [4.69, 9.17) is 9.15 Å². The van der Waals surface area contributed by atoms with E-state index >= 15 is 0 Å². The number of furan rings is 1. The van der Waals surface area contributed by atoms with Crippen LogP contribution < -0.4 is 5.32 Å². The van der Waals surface area contributed by atoms with Crippen molar-refractivity contribution in [3.63, 3.8) is 0 Å². The molecule has 0 unspecified atom stereocenters. The molecule has 2 heterocycles. The van der Waals surface area contributed by atoms with Crippen LogP contribution in [0.4, 0.5) is 0 Å². The van der Waals surface area contributed by atoms with E-state index in [1.54, 1.807) is 17.6 Å². The summed E-state index contributed by atoms with van der Waals surface area (Å²) >= 11 is 1.71. The second-order valence-electron chi connectivity index (χ2n) is 3.72. The first-order valence-electron chi connectivity index (χ1n) is 5.76. The van der Waals surface area contributed by atoms with Gasteiger partial charge in [0.15, 0.2) is 0 Å². The van der Waals surface area contributed by atoms with Crippen LogP contribution >= 0.6 is 11.3 Å². The van der Waals surface area contributed by atoms with Gasteiger partial charge in [0.1, 0.15) is 12.4 Å². The van der Waals surface area contributed by atoms with Crippen LogP contribution in [0.5, 0.6) is 0 Å². The van der Waals surface area contributed by atoms with Gasteiger partial charge < -0.3 is 14.5 Å². The Kier molecular flexibility index (Phi) is 4.79. The summed E-state index contributed by atoms with van der Waals surface area (Å²) in [5.74, 6) is 0.919. The Hall–Kier alpha value is -1.10. The molecule has 17 heavy (non-hydrogen) atoms. The molecule has 0 aliphatic heterocycles. The van der Waals surface area contributed by atoms with Crippen molar-refractivity contribution in [2.45, 2.75) is 26.7 Å². The minimum atomic E-state index is 0.533. The summed E-state index contributed by atoms with van der Waals surface area (Å²) in [5.41, 5.74) is 1.18. The number of ether oxygens (including phenoxy) is 1. The lowest BCUT2D eigenvalue weighted by molar-refractivity contribution is 0.0940. The maximum atomic E-state index is 5.63. The van der Waals surface area contributed by atoms with E-state index in [-0.39, 0.29) is 0 Å². The van der Waals surface area contributed by atoms with Gasteiger partial charge in [0, 0.05) is 17.0 Å². The van der Waals surface area contributed by atoms with E-state index in [0.717, 1.165) is 18.8 Å².